The number of hydrogen-bond donors (Lipinski definition) is 1. The van der Waals surface area contributed by atoms with Crippen molar-refractivity contribution >= 4 is 69.7 Å². The number of benzene rings is 2. The minimum atomic E-state index is -0.289. The van der Waals surface area contributed by atoms with Crippen molar-refractivity contribution in [2.75, 3.05) is 4.90 Å². The maximum absolute atomic E-state index is 6.52. The van der Waals surface area contributed by atoms with Crippen molar-refractivity contribution in [3.63, 3.8) is 0 Å². The van der Waals surface area contributed by atoms with Gasteiger partial charge in [-0.05, 0) is 72.8 Å². The van der Waals surface area contributed by atoms with E-state index in [0.29, 0.717) is 15.2 Å². The van der Waals surface area contributed by atoms with E-state index < -0.39 is 0 Å². The largest absolute Gasteiger partial charge is 0.319 e. The van der Waals surface area contributed by atoms with Crippen LogP contribution >= 0.6 is 47.0 Å². The number of aryl methyl sites for hydroxylation is 1. The molecule has 2 aromatic rings. The molecule has 0 amide bonds. The van der Waals surface area contributed by atoms with Crippen LogP contribution in [0, 0.1) is 12.3 Å². The van der Waals surface area contributed by atoms with Gasteiger partial charge in [-0.25, -0.2) is 0 Å². The van der Waals surface area contributed by atoms with Gasteiger partial charge < -0.3 is 10.2 Å². The van der Waals surface area contributed by atoms with Crippen LogP contribution in [0.25, 0.3) is 6.08 Å². The second-order valence-corrected chi connectivity index (χ2v) is 12.2. The number of rotatable bonds is 4. The van der Waals surface area contributed by atoms with Gasteiger partial charge in [0, 0.05) is 20.8 Å². The molecule has 1 N–H and O–H groups in total. The fraction of sp³-hybridized carbons (Fsp3) is 0.429. The Bertz CT molecular complexity index is 1180. The zero-order chi connectivity index (χ0) is 25.4. The number of thiocarbonyl (C=S) groups is 1. The molecule has 1 spiro atoms. The lowest BCUT2D eigenvalue weighted by molar-refractivity contribution is 0.357. The van der Waals surface area contributed by atoms with E-state index in [1.807, 2.05) is 31.2 Å². The highest BCUT2D eigenvalue weighted by molar-refractivity contribution is 7.80. The fourth-order valence-corrected chi connectivity index (χ4v) is 5.93. The van der Waals surface area contributed by atoms with Crippen molar-refractivity contribution in [3.05, 3.63) is 68.7 Å². The Labute approximate surface area is 229 Å². The first-order valence-electron chi connectivity index (χ1n) is 12.1. The van der Waals surface area contributed by atoms with Crippen molar-refractivity contribution in [2.45, 2.75) is 71.4 Å². The molecule has 7 heteroatoms. The summed E-state index contributed by atoms with van der Waals surface area (Å²) < 4.78 is 0. The van der Waals surface area contributed by atoms with Crippen molar-refractivity contribution < 1.29 is 0 Å². The van der Waals surface area contributed by atoms with Crippen LogP contribution in [-0.4, -0.2) is 22.5 Å². The first-order valence-corrected chi connectivity index (χ1v) is 13.6. The molecule has 35 heavy (non-hydrogen) atoms. The zero-order valence-corrected chi connectivity index (χ0v) is 23.8. The molecule has 1 aliphatic heterocycles. The van der Waals surface area contributed by atoms with Gasteiger partial charge in [-0.2, -0.15) is 0 Å². The maximum atomic E-state index is 6.52. The van der Waals surface area contributed by atoms with Crippen LogP contribution in [0.15, 0.2) is 47.5 Å². The predicted molar refractivity (Wildman–Crippen MR) is 156 cm³/mol. The van der Waals surface area contributed by atoms with Crippen LogP contribution in [0.3, 0.4) is 0 Å². The van der Waals surface area contributed by atoms with Gasteiger partial charge in [0.15, 0.2) is 5.11 Å². The van der Waals surface area contributed by atoms with Gasteiger partial charge in [0.25, 0.3) is 0 Å². The molecule has 186 valence electrons. The van der Waals surface area contributed by atoms with E-state index in [1.165, 1.54) is 6.42 Å². The van der Waals surface area contributed by atoms with Gasteiger partial charge in [0.1, 0.15) is 11.4 Å². The van der Waals surface area contributed by atoms with E-state index >= 15 is 0 Å². The van der Waals surface area contributed by atoms with Crippen LogP contribution in [0.4, 0.5) is 5.69 Å². The van der Waals surface area contributed by atoms with Crippen molar-refractivity contribution in [1.29, 1.82) is 0 Å². The smallest absolute Gasteiger partial charge is 0.179 e. The molecule has 1 heterocycles. The van der Waals surface area contributed by atoms with Crippen LogP contribution in [0.2, 0.25) is 15.1 Å². The monoisotopic (exact) mass is 547 g/mol. The van der Waals surface area contributed by atoms with E-state index in [1.54, 1.807) is 6.07 Å². The first kappa shape index (κ1) is 26.5. The molecule has 3 nitrogen and oxygen atoms in total. The Hall–Kier alpha value is -1.59. The molecule has 0 aromatic heterocycles. The van der Waals surface area contributed by atoms with Gasteiger partial charge in [0.05, 0.1) is 6.04 Å². The summed E-state index contributed by atoms with van der Waals surface area (Å²) in [6.07, 6.45) is 9.65. The Kier molecular flexibility index (Phi) is 7.88. The van der Waals surface area contributed by atoms with E-state index in [9.17, 15) is 0 Å². The second-order valence-electron chi connectivity index (χ2n) is 10.6. The van der Waals surface area contributed by atoms with E-state index in [4.69, 9.17) is 52.0 Å². The summed E-state index contributed by atoms with van der Waals surface area (Å²) in [7, 11) is 0. The van der Waals surface area contributed by atoms with Gasteiger partial charge in [-0.1, -0.05) is 99.1 Å². The number of halogens is 3. The first-order chi connectivity index (χ1) is 16.5. The van der Waals surface area contributed by atoms with E-state index in [-0.39, 0.29) is 17.0 Å². The second kappa shape index (κ2) is 10.4. The molecule has 2 aliphatic rings. The van der Waals surface area contributed by atoms with Gasteiger partial charge in [-0.15, -0.1) is 0 Å². The molecule has 2 fully saturated rings. The number of amidine groups is 1. The summed E-state index contributed by atoms with van der Waals surface area (Å²) in [5.41, 5.74) is 2.59. The SMILES string of the molecule is Cc1ccc(N2C(=S)NC(=NC(/C=C/c3ccc(Cl)cc3Cl)C(C)(C)C)C23CCCCC3)cc1Cl. The summed E-state index contributed by atoms with van der Waals surface area (Å²) in [5, 5.41) is 6.18. The van der Waals surface area contributed by atoms with Crippen LogP contribution in [0.5, 0.6) is 0 Å². The number of aliphatic imine (C=N–C) groups is 1. The lowest BCUT2D eigenvalue weighted by Gasteiger charge is -2.41. The molecule has 1 saturated carbocycles. The molecular formula is C28H32Cl3N3S. The molecule has 1 unspecified atom stereocenters. The normalized spacial score (nSPS) is 20.1. The third-order valence-electron chi connectivity index (χ3n) is 6.97. The molecule has 1 atom stereocenters. The third-order valence-corrected chi connectivity index (χ3v) is 8.22. The predicted octanol–water partition coefficient (Wildman–Crippen LogP) is 8.88. The van der Waals surface area contributed by atoms with Gasteiger partial charge in [0.2, 0.25) is 0 Å². The molecular weight excluding hydrogens is 517 g/mol. The summed E-state index contributed by atoms with van der Waals surface area (Å²) >= 11 is 24.9. The molecule has 1 aliphatic carbocycles. The average Bonchev–Trinajstić information content (AvgIpc) is 3.04. The molecule has 0 bridgehead atoms. The minimum Gasteiger partial charge on any atom is -0.319 e. The highest BCUT2D eigenvalue weighted by Crippen LogP contribution is 2.42. The number of nitrogens with zero attached hydrogens (tertiary/aromatic N) is 2. The van der Waals surface area contributed by atoms with Crippen LogP contribution in [-0.2, 0) is 0 Å². The summed E-state index contributed by atoms with van der Waals surface area (Å²) in [5.74, 6) is 0.950. The van der Waals surface area contributed by atoms with Crippen LogP contribution < -0.4 is 10.2 Å². The topological polar surface area (TPSA) is 27.6 Å². The molecule has 1 saturated heterocycles. The quantitative estimate of drug-likeness (QED) is 0.387. The Morgan fingerprint density at radius 2 is 1.74 bits per heavy atom. The van der Waals surface area contributed by atoms with Crippen molar-refractivity contribution in [1.82, 2.24) is 5.32 Å². The Morgan fingerprint density at radius 1 is 1.03 bits per heavy atom. The average molecular weight is 549 g/mol. The lowest BCUT2D eigenvalue weighted by atomic mass is 9.79. The highest BCUT2D eigenvalue weighted by Gasteiger charge is 2.50. The van der Waals surface area contributed by atoms with E-state index in [2.05, 4.69) is 49.2 Å². The van der Waals surface area contributed by atoms with Gasteiger partial charge >= 0.3 is 0 Å². The number of nitrogens with one attached hydrogen (secondary N) is 1. The Balaban J connectivity index is 1.76. The van der Waals surface area contributed by atoms with Gasteiger partial charge in [-0.3, -0.25) is 4.99 Å². The molecule has 0 radical (unpaired) electrons. The van der Waals surface area contributed by atoms with Crippen molar-refractivity contribution in [2.24, 2.45) is 10.4 Å². The molecule has 4 rings (SSSR count). The Morgan fingerprint density at radius 3 is 2.37 bits per heavy atom. The molecule has 2 aromatic carbocycles. The highest BCUT2D eigenvalue weighted by atomic mass is 35.5. The van der Waals surface area contributed by atoms with Crippen molar-refractivity contribution in [3.8, 4) is 0 Å². The zero-order valence-electron chi connectivity index (χ0n) is 20.7. The maximum Gasteiger partial charge on any atom is 0.179 e. The third kappa shape index (κ3) is 5.56. The summed E-state index contributed by atoms with van der Waals surface area (Å²) in [6, 6.07) is 11.7. The fourth-order valence-electron chi connectivity index (χ4n) is 4.90. The standard InChI is InChI=1S/C28H32Cl3N3S/c1-18-8-12-21(17-22(18)30)34-26(35)33-25(28(34)14-6-5-7-15-28)32-24(27(2,3)4)13-10-19-9-11-20(29)16-23(19)31/h8-13,16-17,24H,5-7,14-15H2,1-4H3,(H,32,33,35)/b13-10+. The lowest BCUT2D eigenvalue weighted by Crippen LogP contribution is -2.51. The summed E-state index contributed by atoms with van der Waals surface area (Å²) in [6.45, 7) is 8.62. The number of anilines is 1. The number of hydrogen-bond acceptors (Lipinski definition) is 2. The van der Waals surface area contributed by atoms with E-state index in [0.717, 1.165) is 53.4 Å². The summed E-state index contributed by atoms with van der Waals surface area (Å²) in [4.78, 5) is 7.59. The minimum absolute atomic E-state index is 0.0834. The van der Waals surface area contributed by atoms with Crippen LogP contribution in [0.1, 0.15) is 64.0 Å².